The van der Waals surface area contributed by atoms with E-state index in [1.807, 2.05) is 37.3 Å². The highest BCUT2D eigenvalue weighted by molar-refractivity contribution is 7.94. The molecule has 1 fully saturated rings. The van der Waals surface area contributed by atoms with Gasteiger partial charge in [-0.25, -0.2) is 8.42 Å². The molecule has 25 heavy (non-hydrogen) atoms. The van der Waals surface area contributed by atoms with Crippen molar-refractivity contribution in [1.82, 2.24) is 4.90 Å². The van der Waals surface area contributed by atoms with E-state index in [9.17, 15) is 8.42 Å². The van der Waals surface area contributed by atoms with Gasteiger partial charge < -0.3 is 0 Å². The van der Waals surface area contributed by atoms with Gasteiger partial charge in [0.1, 0.15) is 4.21 Å². The van der Waals surface area contributed by atoms with Crippen LogP contribution in [-0.2, 0) is 16.6 Å². The van der Waals surface area contributed by atoms with Gasteiger partial charge in [-0.15, -0.1) is 11.3 Å². The summed E-state index contributed by atoms with van der Waals surface area (Å²) >= 11 is 1.30. The van der Waals surface area contributed by atoms with E-state index in [1.54, 1.807) is 6.07 Å². The minimum atomic E-state index is -3.53. The van der Waals surface area contributed by atoms with Crippen LogP contribution in [0.4, 0.5) is 5.69 Å². The molecule has 2 aromatic rings. The predicted molar refractivity (Wildman–Crippen MR) is 105 cm³/mol. The summed E-state index contributed by atoms with van der Waals surface area (Å²) in [5, 5.41) is 0. The van der Waals surface area contributed by atoms with Gasteiger partial charge in [0.2, 0.25) is 0 Å². The molecule has 1 heterocycles. The van der Waals surface area contributed by atoms with Crippen LogP contribution in [0.25, 0.3) is 0 Å². The first-order chi connectivity index (χ1) is 12.0. The quantitative estimate of drug-likeness (QED) is 0.798. The van der Waals surface area contributed by atoms with E-state index in [0.717, 1.165) is 17.0 Å². The summed E-state index contributed by atoms with van der Waals surface area (Å²) in [6, 6.07) is 11.8. The summed E-state index contributed by atoms with van der Waals surface area (Å²) in [7, 11) is -1.38. The van der Waals surface area contributed by atoms with Gasteiger partial charge in [0.05, 0.1) is 5.69 Å². The molecule has 0 radical (unpaired) electrons. The zero-order valence-corrected chi connectivity index (χ0v) is 16.5. The van der Waals surface area contributed by atoms with Crippen LogP contribution < -0.4 is 4.72 Å². The lowest BCUT2D eigenvalue weighted by atomic mass is 9.94. The Labute approximate surface area is 154 Å². The number of benzene rings is 1. The van der Waals surface area contributed by atoms with E-state index < -0.39 is 10.0 Å². The highest BCUT2D eigenvalue weighted by atomic mass is 32.2. The van der Waals surface area contributed by atoms with Gasteiger partial charge in [0, 0.05) is 17.5 Å². The molecule has 136 valence electrons. The molecule has 0 aliphatic heterocycles. The average molecular weight is 379 g/mol. The van der Waals surface area contributed by atoms with Crippen molar-refractivity contribution in [1.29, 1.82) is 0 Å². The topological polar surface area (TPSA) is 49.4 Å². The molecule has 4 nitrogen and oxygen atoms in total. The largest absolute Gasteiger partial charge is 0.299 e. The lowest BCUT2D eigenvalue weighted by Gasteiger charge is -2.31. The Balaban J connectivity index is 1.76. The van der Waals surface area contributed by atoms with Crippen molar-refractivity contribution < 1.29 is 8.42 Å². The molecule has 1 aliphatic rings. The van der Waals surface area contributed by atoms with Crippen molar-refractivity contribution >= 4 is 27.0 Å². The smallest absolute Gasteiger partial charge is 0.271 e. The number of hydrogen-bond donors (Lipinski definition) is 1. The first-order valence-corrected chi connectivity index (χ1v) is 11.1. The fraction of sp³-hybridized carbons (Fsp3) is 0.474. The Morgan fingerprint density at radius 2 is 1.84 bits per heavy atom. The lowest BCUT2D eigenvalue weighted by molar-refractivity contribution is 0.185. The number of nitrogens with one attached hydrogen (secondary N) is 1. The van der Waals surface area contributed by atoms with E-state index in [2.05, 4.69) is 16.7 Å². The van der Waals surface area contributed by atoms with Crippen LogP contribution >= 0.6 is 11.3 Å². The number of rotatable bonds is 6. The Bertz CT molecular complexity index is 808. The van der Waals surface area contributed by atoms with Crippen LogP contribution in [0.15, 0.2) is 40.6 Å². The molecule has 0 unspecified atom stereocenters. The lowest BCUT2D eigenvalue weighted by Crippen LogP contribution is -2.33. The summed E-state index contributed by atoms with van der Waals surface area (Å²) in [5.74, 6) is 0. The third-order valence-electron chi connectivity index (χ3n) is 4.86. The maximum Gasteiger partial charge on any atom is 0.271 e. The van der Waals surface area contributed by atoms with Crippen LogP contribution in [0.3, 0.4) is 0 Å². The number of para-hydroxylation sites is 1. The van der Waals surface area contributed by atoms with E-state index >= 15 is 0 Å². The molecule has 1 aromatic heterocycles. The Kier molecular flexibility index (Phi) is 5.81. The van der Waals surface area contributed by atoms with Gasteiger partial charge in [0.25, 0.3) is 10.0 Å². The summed E-state index contributed by atoms with van der Waals surface area (Å²) < 4.78 is 28.4. The maximum absolute atomic E-state index is 12.6. The fourth-order valence-corrected chi connectivity index (χ4v) is 5.81. The summed E-state index contributed by atoms with van der Waals surface area (Å²) in [5.41, 5.74) is 1.70. The van der Waals surface area contributed by atoms with Gasteiger partial charge in [-0.2, -0.15) is 0 Å². The zero-order chi connectivity index (χ0) is 17.9. The Hall–Kier alpha value is -1.37. The van der Waals surface area contributed by atoms with Crippen molar-refractivity contribution in [3.05, 3.63) is 46.8 Å². The maximum atomic E-state index is 12.6. The molecule has 1 aliphatic carbocycles. The number of sulfonamides is 1. The van der Waals surface area contributed by atoms with Crippen LogP contribution in [-0.4, -0.2) is 26.4 Å². The number of nitrogens with zero attached hydrogens (tertiary/aromatic N) is 1. The third-order valence-corrected chi connectivity index (χ3v) is 7.72. The summed E-state index contributed by atoms with van der Waals surface area (Å²) in [4.78, 5) is 3.35. The van der Waals surface area contributed by atoms with Crippen molar-refractivity contribution in [2.75, 3.05) is 11.8 Å². The van der Waals surface area contributed by atoms with Gasteiger partial charge in [-0.1, -0.05) is 37.5 Å². The molecule has 0 spiro atoms. The number of thiophene rings is 1. The number of anilines is 1. The van der Waals surface area contributed by atoms with Gasteiger partial charge in [-0.05, 0) is 50.6 Å². The normalized spacial score (nSPS) is 16.3. The standard InChI is InChI=1S/C19H26N2O2S2/c1-15-12-13-19(24-15)25(22,23)20-18-11-7-6-8-16(18)14-21(2)17-9-4-3-5-10-17/h6-8,11-13,17,20H,3-5,9-10,14H2,1-2H3. The van der Waals surface area contributed by atoms with Gasteiger partial charge >= 0.3 is 0 Å². The van der Waals surface area contributed by atoms with Crippen molar-refractivity contribution in [3.8, 4) is 0 Å². The fourth-order valence-electron chi connectivity index (χ4n) is 3.43. The first-order valence-electron chi connectivity index (χ1n) is 8.83. The second kappa shape index (κ2) is 7.89. The van der Waals surface area contributed by atoms with Crippen molar-refractivity contribution in [2.45, 2.75) is 55.8 Å². The van der Waals surface area contributed by atoms with Crippen molar-refractivity contribution in [3.63, 3.8) is 0 Å². The van der Waals surface area contributed by atoms with E-state index in [-0.39, 0.29) is 0 Å². The molecular weight excluding hydrogens is 352 g/mol. The number of aryl methyl sites for hydroxylation is 1. The zero-order valence-electron chi connectivity index (χ0n) is 14.9. The second-order valence-electron chi connectivity index (χ2n) is 6.83. The molecule has 0 atom stereocenters. The van der Waals surface area contributed by atoms with Crippen LogP contribution in [0.2, 0.25) is 0 Å². The monoisotopic (exact) mass is 378 g/mol. The molecule has 0 saturated heterocycles. The SMILES string of the molecule is Cc1ccc(S(=O)(=O)Nc2ccccc2CN(C)C2CCCCC2)s1. The number of hydrogen-bond acceptors (Lipinski definition) is 4. The van der Waals surface area contributed by atoms with E-state index in [0.29, 0.717) is 15.9 Å². The minimum absolute atomic E-state index is 0.362. The van der Waals surface area contributed by atoms with Gasteiger partial charge in [0.15, 0.2) is 0 Å². The molecule has 6 heteroatoms. The molecule has 0 amide bonds. The Morgan fingerprint density at radius 1 is 1.12 bits per heavy atom. The predicted octanol–water partition coefficient (Wildman–Crippen LogP) is 4.62. The Morgan fingerprint density at radius 3 is 2.52 bits per heavy atom. The average Bonchev–Trinajstić information content (AvgIpc) is 3.05. The summed E-state index contributed by atoms with van der Waals surface area (Å²) in [6.07, 6.45) is 6.39. The summed E-state index contributed by atoms with van der Waals surface area (Å²) in [6.45, 7) is 2.67. The highest BCUT2D eigenvalue weighted by Crippen LogP contribution is 2.27. The molecule has 1 saturated carbocycles. The molecular formula is C19H26N2O2S2. The second-order valence-corrected chi connectivity index (χ2v) is 10.0. The molecule has 0 bridgehead atoms. The first kappa shape index (κ1) is 18.4. The van der Waals surface area contributed by atoms with Crippen LogP contribution in [0.1, 0.15) is 42.5 Å². The van der Waals surface area contributed by atoms with E-state index in [4.69, 9.17) is 0 Å². The van der Waals surface area contributed by atoms with Crippen molar-refractivity contribution in [2.24, 2.45) is 0 Å². The molecule has 1 N–H and O–H groups in total. The third kappa shape index (κ3) is 4.63. The minimum Gasteiger partial charge on any atom is -0.299 e. The van der Waals surface area contributed by atoms with Crippen LogP contribution in [0.5, 0.6) is 0 Å². The molecule has 1 aromatic carbocycles. The van der Waals surface area contributed by atoms with E-state index in [1.165, 1.54) is 43.4 Å². The molecule has 3 rings (SSSR count). The highest BCUT2D eigenvalue weighted by Gasteiger charge is 2.21. The van der Waals surface area contributed by atoms with Gasteiger partial charge in [-0.3, -0.25) is 9.62 Å². The van der Waals surface area contributed by atoms with Crippen LogP contribution in [0, 0.1) is 6.92 Å².